The van der Waals surface area contributed by atoms with Crippen molar-refractivity contribution < 1.29 is 42.8 Å². The topological polar surface area (TPSA) is 186 Å². The number of carbonyl (C=O) groups excluding carboxylic acids is 2. The average Bonchev–Trinajstić information content (AvgIpc) is 4.12. The molecular formula is C57H54F2N8O8. The number of hydrogen-bond acceptors (Lipinski definition) is 14. The molecule has 75 heavy (non-hydrogen) atoms. The predicted molar refractivity (Wildman–Crippen MR) is 277 cm³/mol. The molecule has 7 aromatic rings. The molecule has 384 valence electrons. The maximum absolute atomic E-state index is 17.3. The van der Waals surface area contributed by atoms with E-state index >= 15 is 8.78 Å². The van der Waals surface area contributed by atoms with Crippen LogP contribution < -0.4 is 19.9 Å². The maximum atomic E-state index is 17.3. The van der Waals surface area contributed by atoms with Crippen LogP contribution in [-0.4, -0.2) is 114 Å². The normalized spacial score (nSPS) is 16.7. The van der Waals surface area contributed by atoms with Gasteiger partial charge in [0.15, 0.2) is 5.82 Å². The SMILES string of the molecule is C#Cc1c(F)ccc2cc(O)cc(-c3ncc4c(N5CCN(C(=O)C(=C)C(C)Oc6ccc7nc8c(c(CC)c7c6)Cn6c-8cc(C(C)O)c(COC=O)c6=O)CC5)nc(OCC56CCCN5CCC6)nc4c3F)c12. The highest BCUT2D eigenvalue weighted by Gasteiger charge is 2.45. The highest BCUT2D eigenvalue weighted by molar-refractivity contribution is 6.03. The molecule has 2 atom stereocenters. The number of carbonyl (C=O) groups is 2. The number of aryl methyl sites for hydroxylation is 1. The van der Waals surface area contributed by atoms with Crippen molar-refractivity contribution in [2.45, 2.75) is 83.8 Å². The standard InChI is InChI=1S/C57H54F2N8O8/c1-6-37-40-24-36(11-13-46(40)61-50-43(37)27-67-47(50)25-39(32(4)69)44(55(67)72)28-73-30-68)75-33(5)31(3)54(71)65-20-18-64(19-21-65)53-42-26-60-51(41-23-35(70)22-34-10-12-45(58)38(7-2)48(34)41)49(59)52(42)62-56(63-53)74-29-57-14-8-16-66(57)17-9-15-57/h2,10-13,22-26,30,32-33,69-70H,3,6,8-9,14-21,27-29H2,1,4-5H3. The fraction of sp³-hybridized carbons (Fsp3) is 0.351. The van der Waals surface area contributed by atoms with Crippen LogP contribution in [0.25, 0.3) is 55.2 Å². The van der Waals surface area contributed by atoms with Crippen LogP contribution in [0.4, 0.5) is 14.6 Å². The summed E-state index contributed by atoms with van der Waals surface area (Å²) in [7, 11) is 0. The number of rotatable bonds is 14. The van der Waals surface area contributed by atoms with E-state index in [-0.39, 0.29) is 100 Å². The molecule has 11 rings (SSSR count). The Morgan fingerprint density at radius 1 is 0.973 bits per heavy atom. The lowest BCUT2D eigenvalue weighted by Crippen LogP contribution is -2.50. The van der Waals surface area contributed by atoms with Gasteiger partial charge in [-0.15, -0.1) is 6.42 Å². The molecule has 0 spiro atoms. The van der Waals surface area contributed by atoms with Crippen molar-refractivity contribution in [3.8, 4) is 52.5 Å². The number of benzene rings is 3. The summed E-state index contributed by atoms with van der Waals surface area (Å²) in [6.45, 7) is 13.2. The Morgan fingerprint density at radius 2 is 1.75 bits per heavy atom. The maximum Gasteiger partial charge on any atom is 0.319 e. The summed E-state index contributed by atoms with van der Waals surface area (Å²) >= 11 is 0. The Hall–Kier alpha value is -8.01. The van der Waals surface area contributed by atoms with Crippen LogP contribution in [-0.2, 0) is 33.9 Å². The molecule has 16 nitrogen and oxygen atoms in total. The van der Waals surface area contributed by atoms with Crippen LogP contribution in [0, 0.1) is 24.0 Å². The second-order valence-electron chi connectivity index (χ2n) is 19.8. The van der Waals surface area contributed by atoms with Crippen molar-refractivity contribution in [2.24, 2.45) is 0 Å². The molecule has 0 bridgehead atoms. The highest BCUT2D eigenvalue weighted by Crippen LogP contribution is 2.42. The van der Waals surface area contributed by atoms with Crippen LogP contribution in [0.15, 0.2) is 71.7 Å². The zero-order chi connectivity index (χ0) is 52.4. The summed E-state index contributed by atoms with van der Waals surface area (Å²) in [4.78, 5) is 64.1. The molecule has 3 fully saturated rings. The molecule has 3 saturated heterocycles. The lowest BCUT2D eigenvalue weighted by molar-refractivity contribution is -0.130. The van der Waals surface area contributed by atoms with E-state index in [4.69, 9.17) is 30.6 Å². The number of pyridine rings is 3. The van der Waals surface area contributed by atoms with Crippen molar-refractivity contribution in [2.75, 3.05) is 50.8 Å². The first kappa shape index (κ1) is 49.2. The number of anilines is 1. The molecule has 1 amide bonds. The molecule has 0 saturated carbocycles. The third kappa shape index (κ3) is 8.43. The van der Waals surface area contributed by atoms with Crippen molar-refractivity contribution in [3.63, 3.8) is 0 Å². The van der Waals surface area contributed by atoms with E-state index < -0.39 is 23.8 Å². The molecule has 4 aliphatic rings. The van der Waals surface area contributed by atoms with E-state index in [1.54, 1.807) is 35.4 Å². The van der Waals surface area contributed by atoms with Gasteiger partial charge in [-0.3, -0.25) is 24.3 Å². The van der Waals surface area contributed by atoms with E-state index in [0.717, 1.165) is 55.3 Å². The summed E-state index contributed by atoms with van der Waals surface area (Å²) in [5.41, 5.74) is 3.76. The molecule has 0 radical (unpaired) electrons. The fourth-order valence-corrected chi connectivity index (χ4v) is 11.8. The van der Waals surface area contributed by atoms with Gasteiger partial charge in [0.05, 0.1) is 51.6 Å². The minimum atomic E-state index is -0.984. The highest BCUT2D eigenvalue weighted by atomic mass is 19.1. The van der Waals surface area contributed by atoms with Gasteiger partial charge in [0.1, 0.15) is 53.7 Å². The number of fused-ring (bicyclic) bond motifs is 7. The quantitative estimate of drug-likeness (QED) is 0.0619. The number of nitrogens with zero attached hydrogens (tertiary/aromatic N) is 8. The smallest absolute Gasteiger partial charge is 0.319 e. The van der Waals surface area contributed by atoms with Gasteiger partial charge in [0.25, 0.3) is 17.9 Å². The molecule has 4 aromatic heterocycles. The first-order valence-corrected chi connectivity index (χ1v) is 25.2. The zero-order valence-electron chi connectivity index (χ0n) is 41.8. The third-order valence-electron chi connectivity index (χ3n) is 15.6. The van der Waals surface area contributed by atoms with Crippen LogP contribution >= 0.6 is 0 Å². The number of aromatic nitrogens is 5. The minimum absolute atomic E-state index is 0.0148. The predicted octanol–water partition coefficient (Wildman–Crippen LogP) is 7.52. The van der Waals surface area contributed by atoms with Crippen LogP contribution in [0.5, 0.6) is 17.5 Å². The molecule has 2 N–H and O–H groups in total. The molecule has 8 heterocycles. The number of aliphatic hydroxyl groups is 1. The van der Waals surface area contributed by atoms with Crippen LogP contribution in [0.3, 0.4) is 0 Å². The van der Waals surface area contributed by atoms with Crippen LogP contribution in [0.2, 0.25) is 0 Å². The monoisotopic (exact) mass is 1020 g/mol. The van der Waals surface area contributed by atoms with Crippen molar-refractivity contribution in [3.05, 3.63) is 117 Å². The number of aliphatic hydroxyl groups excluding tert-OH is 1. The first-order valence-electron chi connectivity index (χ1n) is 25.2. The summed E-state index contributed by atoms with van der Waals surface area (Å²) in [5, 5.41) is 23.1. The van der Waals surface area contributed by atoms with Gasteiger partial charge < -0.3 is 38.8 Å². The molecule has 0 aliphatic carbocycles. The second kappa shape index (κ2) is 19.4. The van der Waals surface area contributed by atoms with Crippen molar-refractivity contribution >= 4 is 50.8 Å². The van der Waals surface area contributed by atoms with E-state index in [1.165, 1.54) is 30.5 Å². The van der Waals surface area contributed by atoms with Crippen molar-refractivity contribution in [1.29, 1.82) is 0 Å². The number of piperazine rings is 1. The summed E-state index contributed by atoms with van der Waals surface area (Å²) in [6, 6.07) is 12.6. The second-order valence-corrected chi connectivity index (χ2v) is 19.8. The fourth-order valence-electron chi connectivity index (χ4n) is 11.8. The summed E-state index contributed by atoms with van der Waals surface area (Å²) < 4.78 is 51.7. The Balaban J connectivity index is 0.837. The van der Waals surface area contributed by atoms with Crippen LogP contribution in [0.1, 0.15) is 80.4 Å². The van der Waals surface area contributed by atoms with Gasteiger partial charge in [-0.1, -0.05) is 25.5 Å². The number of ether oxygens (including phenoxy) is 3. The lowest BCUT2D eigenvalue weighted by Gasteiger charge is -2.36. The Labute approximate surface area is 430 Å². The summed E-state index contributed by atoms with van der Waals surface area (Å²) in [5.74, 6) is 1.27. The number of aromatic hydroxyl groups is 1. The van der Waals surface area contributed by atoms with Gasteiger partial charge in [-0.2, -0.15) is 9.97 Å². The zero-order valence-corrected chi connectivity index (χ0v) is 41.8. The number of amides is 1. The van der Waals surface area contributed by atoms with Gasteiger partial charge >= 0.3 is 6.01 Å². The minimum Gasteiger partial charge on any atom is -0.508 e. The Morgan fingerprint density at radius 3 is 2.47 bits per heavy atom. The number of terminal acetylenes is 1. The molecule has 18 heteroatoms. The number of phenolic OH excluding ortho intramolecular Hbond substituents is 1. The Bertz CT molecular complexity index is 3630. The Kier molecular flexibility index (Phi) is 12.7. The van der Waals surface area contributed by atoms with Gasteiger partial charge in [0, 0.05) is 59.8 Å². The molecular weight excluding hydrogens is 963 g/mol. The van der Waals surface area contributed by atoms with Gasteiger partial charge in [-0.25, -0.2) is 13.8 Å². The summed E-state index contributed by atoms with van der Waals surface area (Å²) in [6.07, 6.45) is 10.2. The molecule has 2 unspecified atom stereocenters. The van der Waals surface area contributed by atoms with E-state index in [0.29, 0.717) is 70.9 Å². The van der Waals surface area contributed by atoms with Crippen molar-refractivity contribution in [1.82, 2.24) is 34.3 Å². The molecule has 3 aromatic carbocycles. The van der Waals surface area contributed by atoms with E-state index in [9.17, 15) is 24.6 Å². The largest absolute Gasteiger partial charge is 0.508 e. The van der Waals surface area contributed by atoms with E-state index in [1.807, 2.05) is 24.0 Å². The lowest BCUT2D eigenvalue weighted by atomic mass is 9.95. The average molecular weight is 1020 g/mol. The number of phenols is 1. The van der Waals surface area contributed by atoms with Gasteiger partial charge in [-0.05, 0) is 118 Å². The van der Waals surface area contributed by atoms with E-state index in [2.05, 4.69) is 27.4 Å². The molecule has 4 aliphatic heterocycles. The number of halogens is 2. The number of hydrogen-bond donors (Lipinski definition) is 2. The third-order valence-corrected chi connectivity index (χ3v) is 15.6. The first-order chi connectivity index (χ1) is 36.2. The van der Waals surface area contributed by atoms with Gasteiger partial charge in [0.2, 0.25) is 0 Å².